The maximum atomic E-state index is 11.6. The largest absolute Gasteiger partial charge is 0.480 e. The number of rotatable bonds is 9. The Morgan fingerprint density at radius 3 is 2.28 bits per heavy atom. The molecule has 5 nitrogen and oxygen atoms in total. The van der Waals surface area contributed by atoms with E-state index in [0.717, 1.165) is 12.8 Å². The second-order valence-corrected chi connectivity index (χ2v) is 5.16. The number of carbonyl (C=O) groups excluding carboxylic acids is 1. The van der Waals surface area contributed by atoms with Crippen LogP contribution < -0.4 is 10.6 Å². The maximum absolute atomic E-state index is 11.6. The van der Waals surface area contributed by atoms with Gasteiger partial charge in [0, 0.05) is 6.04 Å². The van der Waals surface area contributed by atoms with Gasteiger partial charge in [-0.05, 0) is 25.7 Å². The first-order valence-electron chi connectivity index (χ1n) is 6.62. The average Bonchev–Trinajstić information content (AvgIpc) is 2.23. The Labute approximate surface area is 109 Å². The smallest absolute Gasteiger partial charge is 0.320 e. The van der Waals surface area contributed by atoms with E-state index in [1.807, 2.05) is 20.8 Å². The van der Waals surface area contributed by atoms with Gasteiger partial charge in [0.1, 0.15) is 6.04 Å². The highest BCUT2D eigenvalue weighted by Gasteiger charge is 2.19. The summed E-state index contributed by atoms with van der Waals surface area (Å²) in [6.07, 6.45) is 2.47. The summed E-state index contributed by atoms with van der Waals surface area (Å²) in [6.45, 7) is 7.98. The van der Waals surface area contributed by atoms with E-state index < -0.39 is 12.0 Å². The van der Waals surface area contributed by atoms with Crippen LogP contribution in [0, 0.1) is 5.92 Å². The van der Waals surface area contributed by atoms with Crippen LogP contribution in [0.2, 0.25) is 0 Å². The third-order valence-corrected chi connectivity index (χ3v) is 2.64. The van der Waals surface area contributed by atoms with Crippen molar-refractivity contribution in [3.63, 3.8) is 0 Å². The molecule has 2 unspecified atom stereocenters. The van der Waals surface area contributed by atoms with Crippen LogP contribution in [0.1, 0.15) is 47.0 Å². The van der Waals surface area contributed by atoms with Crippen molar-refractivity contribution in [2.24, 2.45) is 5.92 Å². The lowest BCUT2D eigenvalue weighted by molar-refractivity contribution is -0.140. The quantitative estimate of drug-likeness (QED) is 0.584. The molecule has 5 heteroatoms. The van der Waals surface area contributed by atoms with Crippen LogP contribution in [-0.4, -0.2) is 35.6 Å². The molecule has 0 rings (SSSR count). The molecule has 0 aliphatic carbocycles. The second-order valence-electron chi connectivity index (χ2n) is 5.16. The van der Waals surface area contributed by atoms with Crippen LogP contribution in [0.3, 0.4) is 0 Å². The van der Waals surface area contributed by atoms with Crippen LogP contribution >= 0.6 is 0 Å². The number of aliphatic carboxylic acids is 1. The average molecular weight is 258 g/mol. The van der Waals surface area contributed by atoms with Crippen LogP contribution in [0.25, 0.3) is 0 Å². The van der Waals surface area contributed by atoms with Crippen molar-refractivity contribution in [3.05, 3.63) is 0 Å². The molecule has 0 aromatic carbocycles. The minimum absolute atomic E-state index is 0.0533. The SMILES string of the molecule is CCCC(C)NC(=O)CNC(CC(C)C)C(=O)O. The van der Waals surface area contributed by atoms with Gasteiger partial charge in [-0.15, -0.1) is 0 Å². The maximum Gasteiger partial charge on any atom is 0.320 e. The summed E-state index contributed by atoms with van der Waals surface area (Å²) in [5.41, 5.74) is 0. The molecule has 0 bridgehead atoms. The zero-order valence-electron chi connectivity index (χ0n) is 11.8. The van der Waals surface area contributed by atoms with Gasteiger partial charge in [0.25, 0.3) is 0 Å². The van der Waals surface area contributed by atoms with Crippen LogP contribution in [0.4, 0.5) is 0 Å². The van der Waals surface area contributed by atoms with Crippen molar-refractivity contribution < 1.29 is 14.7 Å². The monoisotopic (exact) mass is 258 g/mol. The van der Waals surface area contributed by atoms with Gasteiger partial charge in [-0.25, -0.2) is 0 Å². The summed E-state index contributed by atoms with van der Waals surface area (Å²) in [5, 5.41) is 14.6. The van der Waals surface area contributed by atoms with E-state index in [1.165, 1.54) is 0 Å². The van der Waals surface area contributed by atoms with Crippen molar-refractivity contribution in [1.82, 2.24) is 10.6 Å². The fourth-order valence-corrected chi connectivity index (χ4v) is 1.79. The first-order valence-corrected chi connectivity index (χ1v) is 6.62. The summed E-state index contributed by atoms with van der Waals surface area (Å²) in [5.74, 6) is -0.773. The van der Waals surface area contributed by atoms with Gasteiger partial charge >= 0.3 is 5.97 Å². The third kappa shape index (κ3) is 8.06. The van der Waals surface area contributed by atoms with Gasteiger partial charge < -0.3 is 10.4 Å². The number of amides is 1. The molecule has 0 aromatic heterocycles. The highest BCUT2D eigenvalue weighted by Crippen LogP contribution is 2.04. The Kier molecular flexibility index (Phi) is 8.37. The molecule has 0 radical (unpaired) electrons. The second kappa shape index (κ2) is 8.91. The van der Waals surface area contributed by atoms with E-state index in [4.69, 9.17) is 5.11 Å². The molecule has 0 aliphatic heterocycles. The predicted molar refractivity (Wildman–Crippen MR) is 71.4 cm³/mol. The lowest BCUT2D eigenvalue weighted by Gasteiger charge is -2.17. The topological polar surface area (TPSA) is 78.4 Å². The molecule has 0 saturated heterocycles. The summed E-state index contributed by atoms with van der Waals surface area (Å²) in [7, 11) is 0. The normalized spacial score (nSPS) is 14.3. The van der Waals surface area contributed by atoms with Gasteiger partial charge in [-0.2, -0.15) is 0 Å². The standard InChI is InChI=1S/C13H26N2O3/c1-5-6-10(4)15-12(16)8-14-11(13(17)18)7-9(2)3/h9-11,14H,5-8H2,1-4H3,(H,15,16)(H,17,18). The van der Waals surface area contributed by atoms with Gasteiger partial charge in [0.15, 0.2) is 0 Å². The number of nitrogens with one attached hydrogen (secondary N) is 2. The highest BCUT2D eigenvalue weighted by atomic mass is 16.4. The van der Waals surface area contributed by atoms with Gasteiger partial charge in [0.05, 0.1) is 6.54 Å². The molecular weight excluding hydrogens is 232 g/mol. The first-order chi connectivity index (χ1) is 8.36. The molecule has 0 fully saturated rings. The lowest BCUT2D eigenvalue weighted by Crippen LogP contribution is -2.45. The van der Waals surface area contributed by atoms with Crippen molar-refractivity contribution in [2.45, 2.75) is 59.0 Å². The molecule has 0 aromatic rings. The number of carboxylic acid groups (broad SMARTS) is 1. The molecule has 0 aliphatic rings. The Balaban J connectivity index is 4.03. The molecule has 1 amide bonds. The fraction of sp³-hybridized carbons (Fsp3) is 0.846. The van der Waals surface area contributed by atoms with Crippen molar-refractivity contribution in [2.75, 3.05) is 6.54 Å². The van der Waals surface area contributed by atoms with Gasteiger partial charge in [0.2, 0.25) is 5.91 Å². The van der Waals surface area contributed by atoms with Crippen LogP contribution in [-0.2, 0) is 9.59 Å². The Bertz CT molecular complexity index is 267. The molecule has 0 heterocycles. The van der Waals surface area contributed by atoms with E-state index in [0.29, 0.717) is 6.42 Å². The van der Waals surface area contributed by atoms with Crippen molar-refractivity contribution in [1.29, 1.82) is 0 Å². The molecule has 3 N–H and O–H groups in total. The highest BCUT2D eigenvalue weighted by molar-refractivity contribution is 5.80. The number of hydrogen-bond donors (Lipinski definition) is 3. The van der Waals surface area contributed by atoms with E-state index >= 15 is 0 Å². The number of carboxylic acids is 1. The lowest BCUT2D eigenvalue weighted by atomic mass is 10.0. The molecule has 0 saturated carbocycles. The summed E-state index contributed by atoms with van der Waals surface area (Å²) < 4.78 is 0. The zero-order valence-corrected chi connectivity index (χ0v) is 11.8. The predicted octanol–water partition coefficient (Wildman–Crippen LogP) is 1.38. The van der Waals surface area contributed by atoms with Crippen molar-refractivity contribution in [3.8, 4) is 0 Å². The van der Waals surface area contributed by atoms with E-state index in [2.05, 4.69) is 17.6 Å². The van der Waals surface area contributed by atoms with Gasteiger partial charge in [-0.3, -0.25) is 14.9 Å². The van der Waals surface area contributed by atoms with E-state index in [1.54, 1.807) is 0 Å². The first kappa shape index (κ1) is 16.9. The number of hydrogen-bond acceptors (Lipinski definition) is 3. The Hall–Kier alpha value is -1.10. The summed E-state index contributed by atoms with van der Waals surface area (Å²) in [6, 6.07) is -0.519. The van der Waals surface area contributed by atoms with Gasteiger partial charge in [-0.1, -0.05) is 27.2 Å². The van der Waals surface area contributed by atoms with Crippen LogP contribution in [0.5, 0.6) is 0 Å². The minimum atomic E-state index is -0.905. The summed E-state index contributed by atoms with van der Waals surface area (Å²) in [4.78, 5) is 22.6. The Morgan fingerprint density at radius 1 is 1.22 bits per heavy atom. The molecule has 106 valence electrons. The number of carbonyl (C=O) groups is 2. The molecule has 18 heavy (non-hydrogen) atoms. The third-order valence-electron chi connectivity index (χ3n) is 2.64. The molecular formula is C13H26N2O3. The van der Waals surface area contributed by atoms with E-state index in [-0.39, 0.29) is 24.4 Å². The minimum Gasteiger partial charge on any atom is -0.480 e. The fourth-order valence-electron chi connectivity index (χ4n) is 1.79. The molecule has 0 spiro atoms. The van der Waals surface area contributed by atoms with Crippen molar-refractivity contribution >= 4 is 11.9 Å². The van der Waals surface area contributed by atoms with Crippen LogP contribution in [0.15, 0.2) is 0 Å². The zero-order chi connectivity index (χ0) is 14.1. The van der Waals surface area contributed by atoms with E-state index in [9.17, 15) is 9.59 Å². The Morgan fingerprint density at radius 2 is 1.83 bits per heavy atom. The molecule has 2 atom stereocenters. The summed E-state index contributed by atoms with van der Waals surface area (Å²) >= 11 is 0.